The summed E-state index contributed by atoms with van der Waals surface area (Å²) in [6.07, 6.45) is 0.261. The monoisotopic (exact) mass is 396 g/mol. The molecule has 1 atom stereocenters. The van der Waals surface area contributed by atoms with Crippen LogP contribution in [0.1, 0.15) is 42.6 Å². The van der Waals surface area contributed by atoms with Gasteiger partial charge in [0, 0.05) is 11.6 Å². The van der Waals surface area contributed by atoms with Crippen LogP contribution in [0.3, 0.4) is 0 Å². The Morgan fingerprint density at radius 3 is 2.38 bits per heavy atom. The molecule has 140 valence electrons. The van der Waals surface area contributed by atoms with Crippen LogP contribution in [-0.4, -0.2) is 17.7 Å². The molecule has 0 aromatic heterocycles. The molecule has 0 saturated carbocycles. The minimum atomic E-state index is -0.898. The predicted octanol–water partition coefficient (Wildman–Crippen LogP) is 6.34. The van der Waals surface area contributed by atoms with Crippen LogP contribution in [0, 0.1) is 13.8 Å². The van der Waals surface area contributed by atoms with Gasteiger partial charge in [-0.25, -0.2) is 0 Å². The highest BCUT2D eigenvalue weighted by molar-refractivity contribution is 6.37. The fraction of sp³-hybridized carbons (Fsp3) is 0.350. The van der Waals surface area contributed by atoms with Gasteiger partial charge >= 0.3 is 5.97 Å². The SMILES string of the molecule is CCCOC(CC(=O)O)c1ccc(Oc2cc(C)c(Cl)c(C)c2Cl)cc1. The molecule has 0 aliphatic rings. The molecule has 1 N–H and O–H groups in total. The largest absolute Gasteiger partial charge is 0.481 e. The lowest BCUT2D eigenvalue weighted by atomic mass is 10.1. The van der Waals surface area contributed by atoms with Gasteiger partial charge in [-0.05, 0) is 55.2 Å². The van der Waals surface area contributed by atoms with Crippen molar-refractivity contribution in [1.82, 2.24) is 0 Å². The van der Waals surface area contributed by atoms with Crippen LogP contribution in [-0.2, 0) is 9.53 Å². The van der Waals surface area contributed by atoms with Crippen LogP contribution in [0.25, 0.3) is 0 Å². The molecule has 6 heteroatoms. The summed E-state index contributed by atoms with van der Waals surface area (Å²) in [6.45, 7) is 6.22. The first kappa shape index (κ1) is 20.6. The Labute approximate surface area is 163 Å². The molecule has 2 aromatic rings. The topological polar surface area (TPSA) is 55.8 Å². The van der Waals surface area contributed by atoms with E-state index >= 15 is 0 Å². The first-order valence-electron chi connectivity index (χ1n) is 8.39. The number of carboxylic acid groups (broad SMARTS) is 1. The van der Waals surface area contributed by atoms with E-state index in [4.69, 9.17) is 37.8 Å². The van der Waals surface area contributed by atoms with Gasteiger partial charge in [0.2, 0.25) is 0 Å². The third-order valence-electron chi connectivity index (χ3n) is 3.93. The molecular weight excluding hydrogens is 375 g/mol. The second-order valence-corrected chi connectivity index (χ2v) is 6.83. The van der Waals surface area contributed by atoms with Crippen molar-refractivity contribution in [2.24, 2.45) is 0 Å². The summed E-state index contributed by atoms with van der Waals surface area (Å²) < 4.78 is 11.5. The van der Waals surface area contributed by atoms with Crippen LogP contribution in [0.5, 0.6) is 11.5 Å². The van der Waals surface area contributed by atoms with E-state index in [0.29, 0.717) is 28.2 Å². The Kier molecular flexibility index (Phi) is 7.33. The van der Waals surface area contributed by atoms with Crippen molar-refractivity contribution in [3.63, 3.8) is 0 Å². The maximum absolute atomic E-state index is 11.1. The number of aliphatic carboxylic acids is 1. The average molecular weight is 397 g/mol. The quantitative estimate of drug-likeness (QED) is 0.564. The van der Waals surface area contributed by atoms with E-state index in [1.54, 1.807) is 18.2 Å². The summed E-state index contributed by atoms with van der Waals surface area (Å²) in [6, 6.07) is 8.96. The number of hydrogen-bond donors (Lipinski definition) is 1. The van der Waals surface area contributed by atoms with Gasteiger partial charge in [-0.15, -0.1) is 0 Å². The highest BCUT2D eigenvalue weighted by Crippen LogP contribution is 2.38. The third-order valence-corrected chi connectivity index (χ3v) is 4.98. The zero-order chi connectivity index (χ0) is 19.3. The van der Waals surface area contributed by atoms with Crippen molar-refractivity contribution < 1.29 is 19.4 Å². The van der Waals surface area contributed by atoms with Crippen molar-refractivity contribution >= 4 is 29.2 Å². The van der Waals surface area contributed by atoms with Crippen molar-refractivity contribution in [3.05, 3.63) is 57.1 Å². The lowest BCUT2D eigenvalue weighted by molar-refractivity contribution is -0.140. The van der Waals surface area contributed by atoms with E-state index in [0.717, 1.165) is 23.1 Å². The van der Waals surface area contributed by atoms with E-state index in [9.17, 15) is 4.79 Å². The highest BCUT2D eigenvalue weighted by Gasteiger charge is 2.17. The van der Waals surface area contributed by atoms with E-state index in [1.165, 1.54) is 0 Å². The molecule has 0 spiro atoms. The zero-order valence-electron chi connectivity index (χ0n) is 15.0. The number of carboxylic acids is 1. The highest BCUT2D eigenvalue weighted by atomic mass is 35.5. The molecule has 0 heterocycles. The predicted molar refractivity (Wildman–Crippen MR) is 104 cm³/mol. The van der Waals surface area contributed by atoms with Crippen LogP contribution in [0.4, 0.5) is 0 Å². The number of rotatable bonds is 8. The van der Waals surface area contributed by atoms with Gasteiger partial charge in [0.1, 0.15) is 11.5 Å². The number of aryl methyl sites for hydroxylation is 1. The molecule has 4 nitrogen and oxygen atoms in total. The van der Waals surface area contributed by atoms with Gasteiger partial charge < -0.3 is 14.6 Å². The lowest BCUT2D eigenvalue weighted by Gasteiger charge is -2.17. The Morgan fingerprint density at radius 2 is 1.81 bits per heavy atom. The van der Waals surface area contributed by atoms with Gasteiger partial charge in [-0.2, -0.15) is 0 Å². The first-order valence-corrected chi connectivity index (χ1v) is 9.15. The maximum Gasteiger partial charge on any atom is 0.306 e. The normalized spacial score (nSPS) is 12.0. The smallest absolute Gasteiger partial charge is 0.306 e. The van der Waals surface area contributed by atoms with E-state index in [1.807, 2.05) is 32.9 Å². The van der Waals surface area contributed by atoms with Crippen molar-refractivity contribution in [2.75, 3.05) is 6.61 Å². The molecule has 2 aromatic carbocycles. The summed E-state index contributed by atoms with van der Waals surface area (Å²) in [4.78, 5) is 11.1. The number of carbonyl (C=O) groups is 1. The van der Waals surface area contributed by atoms with E-state index in [-0.39, 0.29) is 6.42 Å². The van der Waals surface area contributed by atoms with Gasteiger partial charge in [0.15, 0.2) is 0 Å². The summed E-state index contributed by atoms with van der Waals surface area (Å²) in [5.41, 5.74) is 2.45. The van der Waals surface area contributed by atoms with Crippen LogP contribution in [0.15, 0.2) is 30.3 Å². The Bertz CT molecular complexity index is 772. The van der Waals surface area contributed by atoms with Crippen molar-refractivity contribution in [2.45, 2.75) is 39.7 Å². The Morgan fingerprint density at radius 1 is 1.15 bits per heavy atom. The first-order chi connectivity index (χ1) is 12.3. The summed E-state index contributed by atoms with van der Waals surface area (Å²) >= 11 is 12.5. The molecular formula is C20H22Cl2O4. The van der Waals surface area contributed by atoms with Gasteiger partial charge in [0.25, 0.3) is 0 Å². The molecule has 26 heavy (non-hydrogen) atoms. The third kappa shape index (κ3) is 5.13. The molecule has 0 aliphatic heterocycles. The average Bonchev–Trinajstić information content (AvgIpc) is 2.61. The standard InChI is InChI=1S/C20H22Cl2O4/c1-4-9-25-16(11-18(23)24)14-5-7-15(8-6-14)26-17-10-12(2)19(21)13(3)20(17)22/h5-8,10,16H,4,9,11H2,1-3H3,(H,23,24). The lowest BCUT2D eigenvalue weighted by Crippen LogP contribution is -2.10. The second-order valence-electron chi connectivity index (χ2n) is 6.07. The fourth-order valence-electron chi connectivity index (χ4n) is 2.54. The molecule has 0 aliphatic carbocycles. The molecule has 0 saturated heterocycles. The number of benzene rings is 2. The molecule has 2 rings (SSSR count). The van der Waals surface area contributed by atoms with Gasteiger partial charge in [-0.1, -0.05) is 42.3 Å². The molecule has 0 fully saturated rings. The summed E-state index contributed by atoms with van der Waals surface area (Å²) in [5.74, 6) is 0.231. The molecule has 0 radical (unpaired) electrons. The number of ether oxygens (including phenoxy) is 2. The maximum atomic E-state index is 11.1. The zero-order valence-corrected chi connectivity index (χ0v) is 16.5. The Hall–Kier alpha value is -1.75. The minimum absolute atomic E-state index is 0.0817. The van der Waals surface area contributed by atoms with E-state index < -0.39 is 12.1 Å². The molecule has 0 amide bonds. The van der Waals surface area contributed by atoms with E-state index in [2.05, 4.69) is 0 Å². The fourth-order valence-corrected chi connectivity index (χ4v) is 2.93. The van der Waals surface area contributed by atoms with Crippen LogP contribution in [0.2, 0.25) is 10.0 Å². The second kappa shape index (κ2) is 9.26. The minimum Gasteiger partial charge on any atom is -0.481 e. The van der Waals surface area contributed by atoms with Gasteiger partial charge in [-0.3, -0.25) is 4.79 Å². The Balaban J connectivity index is 2.20. The van der Waals surface area contributed by atoms with Crippen molar-refractivity contribution in [3.8, 4) is 11.5 Å². The number of halogens is 2. The summed E-state index contributed by atoms with van der Waals surface area (Å²) in [5, 5.41) is 10.2. The van der Waals surface area contributed by atoms with Gasteiger partial charge in [0.05, 0.1) is 17.5 Å². The van der Waals surface area contributed by atoms with Crippen LogP contribution >= 0.6 is 23.2 Å². The number of hydrogen-bond acceptors (Lipinski definition) is 3. The molecule has 1 unspecified atom stereocenters. The molecule has 0 bridgehead atoms. The summed E-state index contributed by atoms with van der Waals surface area (Å²) in [7, 11) is 0. The van der Waals surface area contributed by atoms with Crippen LogP contribution < -0.4 is 4.74 Å². The van der Waals surface area contributed by atoms with Crippen molar-refractivity contribution in [1.29, 1.82) is 0 Å².